The van der Waals surface area contributed by atoms with Gasteiger partial charge in [-0.3, -0.25) is 4.57 Å². The molecule has 0 spiro atoms. The number of thiophene rings is 1. The SMILES string of the molecule is CCOc1nc(N2CCNCC2)nc2c1sc1nc(-c3ccc(-c4ccn(C(=O)OC(C)(C)C)c4)cc3)nc(C)c12. The number of benzene rings is 1. The maximum Gasteiger partial charge on any atom is 0.418 e. The van der Waals surface area contributed by atoms with Gasteiger partial charge in [-0.25, -0.2) is 19.7 Å². The zero-order chi connectivity index (χ0) is 28.7. The number of fused-ring (bicyclic) bond motifs is 3. The van der Waals surface area contributed by atoms with Crippen LogP contribution < -0.4 is 15.0 Å². The lowest BCUT2D eigenvalue weighted by molar-refractivity contribution is 0.0537. The number of hydrogen-bond acceptors (Lipinski definition) is 10. The molecule has 1 aromatic carbocycles. The fraction of sp³-hybridized carbons (Fsp3) is 0.367. The van der Waals surface area contributed by atoms with Crippen LogP contribution in [0.3, 0.4) is 0 Å². The fourth-order valence-electron chi connectivity index (χ4n) is 4.85. The van der Waals surface area contributed by atoms with Crippen LogP contribution in [0.15, 0.2) is 42.7 Å². The quantitative estimate of drug-likeness (QED) is 0.285. The summed E-state index contributed by atoms with van der Waals surface area (Å²) in [7, 11) is 0. The first kappa shape index (κ1) is 27.1. The van der Waals surface area contributed by atoms with Gasteiger partial charge in [-0.05, 0) is 51.8 Å². The van der Waals surface area contributed by atoms with Crippen molar-refractivity contribution in [1.82, 2.24) is 29.8 Å². The molecule has 1 N–H and O–H groups in total. The van der Waals surface area contributed by atoms with E-state index in [4.69, 9.17) is 29.4 Å². The maximum atomic E-state index is 12.4. The summed E-state index contributed by atoms with van der Waals surface area (Å²) >= 11 is 1.54. The summed E-state index contributed by atoms with van der Waals surface area (Å²) in [5.41, 5.74) is 3.95. The molecule has 10 nitrogen and oxygen atoms in total. The normalized spacial score (nSPS) is 14.1. The second-order valence-electron chi connectivity index (χ2n) is 11.0. The van der Waals surface area contributed by atoms with Crippen molar-refractivity contribution < 1.29 is 14.3 Å². The Hall–Kier alpha value is -4.09. The molecule has 1 aliphatic heterocycles. The van der Waals surface area contributed by atoms with E-state index in [1.165, 1.54) is 15.9 Å². The molecule has 0 saturated carbocycles. The average Bonchev–Trinajstić information content (AvgIpc) is 3.59. The Labute approximate surface area is 242 Å². The van der Waals surface area contributed by atoms with E-state index in [1.54, 1.807) is 12.4 Å². The van der Waals surface area contributed by atoms with E-state index in [2.05, 4.69) is 10.2 Å². The molecule has 4 aromatic heterocycles. The summed E-state index contributed by atoms with van der Waals surface area (Å²) in [5.74, 6) is 1.92. The van der Waals surface area contributed by atoms with Crippen LogP contribution >= 0.6 is 11.3 Å². The first-order valence-corrected chi connectivity index (χ1v) is 14.6. The molecule has 6 rings (SSSR count). The number of anilines is 1. The first-order chi connectivity index (χ1) is 19.7. The van der Waals surface area contributed by atoms with Crippen LogP contribution in [0.1, 0.15) is 33.4 Å². The number of nitrogens with one attached hydrogen (secondary N) is 1. The fourth-order valence-corrected chi connectivity index (χ4v) is 5.96. The third-order valence-corrected chi connectivity index (χ3v) is 7.83. The highest BCUT2D eigenvalue weighted by Gasteiger charge is 2.22. The second-order valence-corrected chi connectivity index (χ2v) is 12.0. The maximum absolute atomic E-state index is 12.4. The van der Waals surface area contributed by atoms with E-state index in [0.29, 0.717) is 24.3 Å². The van der Waals surface area contributed by atoms with Gasteiger partial charge in [0.25, 0.3) is 0 Å². The van der Waals surface area contributed by atoms with Gasteiger partial charge in [-0.1, -0.05) is 24.3 Å². The van der Waals surface area contributed by atoms with E-state index >= 15 is 0 Å². The average molecular weight is 572 g/mol. The Balaban J connectivity index is 1.33. The Morgan fingerprint density at radius 3 is 2.44 bits per heavy atom. The minimum absolute atomic E-state index is 0.405. The highest BCUT2D eigenvalue weighted by Crippen LogP contribution is 2.39. The largest absolute Gasteiger partial charge is 0.477 e. The molecule has 1 aliphatic rings. The van der Waals surface area contributed by atoms with Gasteiger partial charge >= 0.3 is 6.09 Å². The Morgan fingerprint density at radius 2 is 1.73 bits per heavy atom. The summed E-state index contributed by atoms with van der Waals surface area (Å²) in [4.78, 5) is 35.0. The molecular weight excluding hydrogens is 538 g/mol. The molecule has 212 valence electrons. The number of carbonyl (C=O) groups excluding carboxylic acids is 1. The van der Waals surface area contributed by atoms with Crippen molar-refractivity contribution in [2.24, 2.45) is 0 Å². The van der Waals surface area contributed by atoms with Gasteiger partial charge in [-0.2, -0.15) is 4.98 Å². The molecule has 0 bridgehead atoms. The number of aryl methyl sites for hydroxylation is 1. The van der Waals surface area contributed by atoms with Crippen LogP contribution in [-0.2, 0) is 4.74 Å². The van der Waals surface area contributed by atoms with Gasteiger partial charge < -0.3 is 19.7 Å². The van der Waals surface area contributed by atoms with Crippen LogP contribution in [-0.4, -0.2) is 69.0 Å². The van der Waals surface area contributed by atoms with Crippen molar-refractivity contribution >= 4 is 43.8 Å². The smallest absolute Gasteiger partial charge is 0.418 e. The summed E-state index contributed by atoms with van der Waals surface area (Å²) in [5, 5.41) is 4.31. The standard InChI is InChI=1S/C30H33N7O3S/c1-6-39-26-24-23(33-28(35-26)36-15-12-31-13-16-36)22-18(2)32-25(34-27(22)41-24)20-9-7-19(8-10-20)21-11-14-37(17-21)29(38)40-30(3,4)5/h7-11,14,17,31H,6,12-13,15-16H2,1-5H3. The second kappa shape index (κ2) is 10.7. The Bertz CT molecular complexity index is 1730. The zero-order valence-electron chi connectivity index (χ0n) is 23.9. The van der Waals surface area contributed by atoms with Gasteiger partial charge in [0.1, 0.15) is 20.6 Å². The zero-order valence-corrected chi connectivity index (χ0v) is 24.7. The van der Waals surface area contributed by atoms with Gasteiger partial charge in [0.05, 0.1) is 17.7 Å². The Morgan fingerprint density at radius 1 is 1.00 bits per heavy atom. The number of rotatable bonds is 5. The molecule has 0 radical (unpaired) electrons. The van der Waals surface area contributed by atoms with Crippen molar-refractivity contribution in [3.8, 4) is 28.4 Å². The first-order valence-electron chi connectivity index (χ1n) is 13.8. The van der Waals surface area contributed by atoms with Crippen LogP contribution in [0.25, 0.3) is 42.9 Å². The van der Waals surface area contributed by atoms with E-state index in [1.807, 2.05) is 65.0 Å². The number of carbonyl (C=O) groups is 1. The lowest BCUT2D eigenvalue weighted by atomic mass is 10.1. The number of aromatic nitrogens is 5. The number of hydrogen-bond donors (Lipinski definition) is 1. The van der Waals surface area contributed by atoms with Gasteiger partial charge in [0, 0.05) is 44.1 Å². The lowest BCUT2D eigenvalue weighted by Gasteiger charge is -2.27. The van der Waals surface area contributed by atoms with Crippen LogP contribution in [0.5, 0.6) is 5.88 Å². The van der Waals surface area contributed by atoms with Crippen molar-refractivity contribution in [3.05, 3.63) is 48.4 Å². The van der Waals surface area contributed by atoms with Crippen molar-refractivity contribution in [2.45, 2.75) is 40.2 Å². The highest BCUT2D eigenvalue weighted by molar-refractivity contribution is 7.25. The third-order valence-electron chi connectivity index (χ3n) is 6.77. The Kier molecular flexibility index (Phi) is 7.08. The van der Waals surface area contributed by atoms with Crippen LogP contribution in [0, 0.1) is 6.92 Å². The molecule has 0 unspecified atom stereocenters. The molecule has 1 saturated heterocycles. The van der Waals surface area contributed by atoms with Crippen LogP contribution in [0.2, 0.25) is 0 Å². The van der Waals surface area contributed by atoms with E-state index in [-0.39, 0.29) is 0 Å². The molecular formula is C30H33N7O3S. The summed E-state index contributed by atoms with van der Waals surface area (Å²) in [6.07, 6.45) is 3.09. The van der Waals surface area contributed by atoms with Gasteiger partial charge in [-0.15, -0.1) is 11.3 Å². The molecule has 0 atom stereocenters. The summed E-state index contributed by atoms with van der Waals surface area (Å²) in [6.45, 7) is 13.5. The van der Waals surface area contributed by atoms with Crippen molar-refractivity contribution in [2.75, 3.05) is 37.7 Å². The van der Waals surface area contributed by atoms with Crippen molar-refractivity contribution in [3.63, 3.8) is 0 Å². The molecule has 5 heterocycles. The molecule has 11 heteroatoms. The minimum atomic E-state index is -0.554. The van der Waals surface area contributed by atoms with Crippen molar-refractivity contribution in [1.29, 1.82) is 0 Å². The summed E-state index contributed by atoms with van der Waals surface area (Å²) < 4.78 is 13.8. The van der Waals surface area contributed by atoms with Gasteiger partial charge in [0.2, 0.25) is 11.8 Å². The molecule has 0 amide bonds. The topological polar surface area (TPSA) is 107 Å². The molecule has 5 aromatic rings. The van der Waals surface area contributed by atoms with Gasteiger partial charge in [0.15, 0.2) is 5.82 Å². The number of piperazine rings is 1. The predicted octanol–water partition coefficient (Wildman–Crippen LogP) is 5.67. The third kappa shape index (κ3) is 5.47. The van der Waals surface area contributed by atoms with E-state index in [0.717, 1.165) is 69.0 Å². The minimum Gasteiger partial charge on any atom is -0.477 e. The number of nitrogens with zero attached hydrogens (tertiary/aromatic N) is 6. The lowest BCUT2D eigenvalue weighted by Crippen LogP contribution is -2.44. The molecule has 1 fully saturated rings. The highest BCUT2D eigenvalue weighted by atomic mass is 32.1. The van der Waals surface area contributed by atoms with E-state index < -0.39 is 11.7 Å². The van der Waals surface area contributed by atoms with E-state index in [9.17, 15) is 4.79 Å². The molecule has 41 heavy (non-hydrogen) atoms. The summed E-state index contributed by atoms with van der Waals surface area (Å²) in [6, 6.07) is 9.92. The number of ether oxygens (including phenoxy) is 2. The van der Waals surface area contributed by atoms with Crippen LogP contribution in [0.4, 0.5) is 10.7 Å². The predicted molar refractivity (Wildman–Crippen MR) is 162 cm³/mol. The molecule has 0 aliphatic carbocycles. The monoisotopic (exact) mass is 571 g/mol.